The van der Waals surface area contributed by atoms with E-state index in [2.05, 4.69) is 54.2 Å². The van der Waals surface area contributed by atoms with Crippen LogP contribution in [0.25, 0.3) is 11.0 Å². The van der Waals surface area contributed by atoms with Gasteiger partial charge in [-0.15, -0.1) is 0 Å². The average molecular weight is 897 g/mol. The highest BCUT2D eigenvalue weighted by Crippen LogP contribution is 2.35. The number of hydrogen-bond donors (Lipinski definition) is 1. The predicted molar refractivity (Wildman–Crippen MR) is 253 cm³/mol. The minimum atomic E-state index is -0.582. The van der Waals surface area contributed by atoms with Gasteiger partial charge in [-0.3, -0.25) is 43.7 Å². The number of fused-ring (bicyclic) bond motifs is 2. The minimum Gasteiger partial charge on any atom is -0.372 e. The van der Waals surface area contributed by atoms with Crippen molar-refractivity contribution in [2.24, 2.45) is 11.8 Å². The van der Waals surface area contributed by atoms with Crippen molar-refractivity contribution in [1.29, 1.82) is 0 Å². The number of likely N-dealkylation sites (tertiary alicyclic amines) is 1. The van der Waals surface area contributed by atoms with Crippen LogP contribution in [-0.4, -0.2) is 129 Å². The summed E-state index contributed by atoms with van der Waals surface area (Å²) in [6.45, 7) is 14.4. The van der Waals surface area contributed by atoms with Gasteiger partial charge in [0.1, 0.15) is 17.5 Å². The Morgan fingerprint density at radius 2 is 1.44 bits per heavy atom. The van der Waals surface area contributed by atoms with Crippen molar-refractivity contribution in [3.8, 4) is 0 Å². The number of amides is 3. The molecule has 4 saturated heterocycles. The number of anilines is 2. The Hall–Kier alpha value is -5.54. The van der Waals surface area contributed by atoms with Crippen LogP contribution in [0.5, 0.6) is 0 Å². The fourth-order valence-corrected chi connectivity index (χ4v) is 11.9. The zero-order valence-electron chi connectivity index (χ0n) is 38.7. The third-order valence-electron chi connectivity index (χ3n) is 15.8. The molecule has 66 heavy (non-hydrogen) atoms. The quantitative estimate of drug-likeness (QED) is 0.145. The molecular weight excluding hydrogens is 833 g/mol. The second-order valence-electron chi connectivity index (χ2n) is 19.9. The summed E-state index contributed by atoms with van der Waals surface area (Å²) in [5.41, 5.74) is 6.13. The molecule has 8 heterocycles. The number of piperazine rings is 1. The molecular formula is C51H64N10O5. The molecule has 1 saturated carbocycles. The number of carbonyl (C=O) groups is 4. The first-order chi connectivity index (χ1) is 32.1. The minimum absolute atomic E-state index is 0.0526. The predicted octanol–water partition coefficient (Wildman–Crippen LogP) is 5.31. The van der Waals surface area contributed by atoms with Gasteiger partial charge in [0.05, 0.1) is 23.9 Å². The van der Waals surface area contributed by atoms with E-state index < -0.39 is 6.04 Å². The first-order valence-corrected chi connectivity index (χ1v) is 24.6. The lowest BCUT2D eigenvalue weighted by Gasteiger charge is -2.39. The highest BCUT2D eigenvalue weighted by atomic mass is 16.2. The normalized spacial score (nSPS) is 21.9. The molecule has 1 aliphatic carbocycles. The fourth-order valence-electron chi connectivity index (χ4n) is 11.9. The number of rotatable bonds is 12. The van der Waals surface area contributed by atoms with Gasteiger partial charge in [0.15, 0.2) is 5.78 Å². The van der Waals surface area contributed by atoms with Gasteiger partial charge >= 0.3 is 0 Å². The number of aryl methyl sites for hydroxylation is 1. The molecule has 10 rings (SSSR count). The lowest BCUT2D eigenvalue weighted by atomic mass is 9.82. The van der Waals surface area contributed by atoms with E-state index in [-0.39, 0.29) is 47.1 Å². The van der Waals surface area contributed by atoms with Crippen LogP contribution in [0.4, 0.5) is 11.4 Å². The molecule has 0 unspecified atom stereocenters. The second kappa shape index (κ2) is 19.0. The van der Waals surface area contributed by atoms with Gasteiger partial charge in [0.25, 0.3) is 11.5 Å². The molecule has 15 nitrogen and oxygen atoms in total. The van der Waals surface area contributed by atoms with Crippen molar-refractivity contribution in [1.82, 2.24) is 39.5 Å². The number of pyridine rings is 2. The van der Waals surface area contributed by atoms with E-state index in [4.69, 9.17) is 9.97 Å². The first kappa shape index (κ1) is 44.3. The van der Waals surface area contributed by atoms with Gasteiger partial charge in [0, 0.05) is 99.9 Å². The Kier molecular flexibility index (Phi) is 12.7. The van der Waals surface area contributed by atoms with Crippen LogP contribution in [0.1, 0.15) is 127 Å². The smallest absolute Gasteiger partial charge is 0.263 e. The molecule has 0 radical (unpaired) electrons. The van der Waals surface area contributed by atoms with Crippen LogP contribution in [0.2, 0.25) is 0 Å². The molecule has 15 heteroatoms. The van der Waals surface area contributed by atoms with E-state index in [0.29, 0.717) is 42.0 Å². The van der Waals surface area contributed by atoms with Gasteiger partial charge in [-0.25, -0.2) is 9.97 Å². The Labute approximate surface area is 386 Å². The number of piperidine rings is 3. The van der Waals surface area contributed by atoms with Crippen molar-refractivity contribution in [3.63, 3.8) is 0 Å². The number of ketones is 1. The van der Waals surface area contributed by atoms with Gasteiger partial charge in [-0.2, -0.15) is 0 Å². The molecule has 6 aliphatic rings. The van der Waals surface area contributed by atoms with Gasteiger partial charge in [-0.05, 0) is 132 Å². The average Bonchev–Trinajstić information content (AvgIpc) is 3.97. The molecule has 3 aromatic heterocycles. The topological polar surface area (TPSA) is 157 Å². The third kappa shape index (κ3) is 9.12. The summed E-state index contributed by atoms with van der Waals surface area (Å²) in [6, 6.07) is 9.83. The molecule has 4 aromatic rings. The SMILES string of the molecule is CC(=O)c1c(C)c2cnc(Cc3ccc(N4CCN(CCN5CCC(CC6CCN(c7ccc8c(c7)CN([C@H]7CCC(=O)NC7=O)C8=O)CC6)CC5)CC4)cn3)nc2n(C2CCCC2)c1=O. The summed E-state index contributed by atoms with van der Waals surface area (Å²) in [5, 5.41) is 3.16. The Morgan fingerprint density at radius 3 is 2.12 bits per heavy atom. The third-order valence-corrected chi connectivity index (χ3v) is 15.8. The maximum Gasteiger partial charge on any atom is 0.263 e. The number of carbonyl (C=O) groups excluding carboxylic acids is 4. The fraction of sp³-hybridized carbons (Fsp3) is 0.569. The molecule has 0 spiro atoms. The van der Waals surface area contributed by atoms with E-state index in [9.17, 15) is 24.0 Å². The van der Waals surface area contributed by atoms with E-state index in [0.717, 1.165) is 118 Å². The summed E-state index contributed by atoms with van der Waals surface area (Å²) >= 11 is 0. The molecule has 348 valence electrons. The molecule has 5 aliphatic heterocycles. The van der Waals surface area contributed by atoms with Crippen molar-refractivity contribution >= 4 is 45.9 Å². The van der Waals surface area contributed by atoms with Gasteiger partial charge < -0.3 is 19.6 Å². The van der Waals surface area contributed by atoms with Crippen LogP contribution in [-0.2, 0) is 22.6 Å². The molecule has 1 N–H and O–H groups in total. The van der Waals surface area contributed by atoms with E-state index >= 15 is 0 Å². The first-order valence-electron chi connectivity index (χ1n) is 24.6. The second-order valence-corrected chi connectivity index (χ2v) is 19.9. The molecule has 1 aromatic carbocycles. The Bertz CT molecular complexity index is 2550. The van der Waals surface area contributed by atoms with Crippen LogP contribution >= 0.6 is 0 Å². The Morgan fingerprint density at radius 1 is 0.758 bits per heavy atom. The van der Waals surface area contributed by atoms with Crippen molar-refractivity contribution in [2.45, 2.75) is 110 Å². The number of imide groups is 1. The highest BCUT2D eigenvalue weighted by Gasteiger charge is 2.39. The monoisotopic (exact) mass is 897 g/mol. The lowest BCUT2D eigenvalue weighted by Crippen LogP contribution is -2.52. The van der Waals surface area contributed by atoms with Gasteiger partial charge in [-0.1, -0.05) is 12.8 Å². The van der Waals surface area contributed by atoms with Crippen molar-refractivity contribution in [3.05, 3.63) is 86.9 Å². The van der Waals surface area contributed by atoms with Crippen molar-refractivity contribution < 1.29 is 19.2 Å². The van der Waals surface area contributed by atoms with E-state index in [1.54, 1.807) is 15.7 Å². The molecule has 5 fully saturated rings. The Balaban J connectivity index is 0.641. The molecule has 0 bridgehead atoms. The summed E-state index contributed by atoms with van der Waals surface area (Å²) < 4.78 is 1.77. The van der Waals surface area contributed by atoms with Crippen LogP contribution in [0.3, 0.4) is 0 Å². The number of nitrogens with one attached hydrogen (secondary N) is 1. The number of hydrogen-bond acceptors (Lipinski definition) is 12. The van der Waals surface area contributed by atoms with Crippen molar-refractivity contribution in [2.75, 3.05) is 75.2 Å². The zero-order valence-corrected chi connectivity index (χ0v) is 38.7. The number of aromatic nitrogens is 4. The van der Waals surface area contributed by atoms with Gasteiger partial charge in [0.2, 0.25) is 11.8 Å². The van der Waals surface area contributed by atoms with E-state index in [1.807, 2.05) is 19.2 Å². The van der Waals surface area contributed by atoms with Crippen LogP contribution < -0.4 is 20.7 Å². The standard InChI is InChI=1S/C51H64N10O5/c1-33-43-31-53-45(54-48(43)61(39-5-3-4-6-39)51(66)47(33)34(2)62)29-38-7-8-41(30-52-38)59-25-23-57(24-26-59)22-21-56-17-13-35(14-18-56)27-36-15-19-58(20-16-36)40-9-10-42-37(28-40)32-60(50(42)65)44-11-12-46(63)55-49(44)64/h7-10,28,30-31,35-36,39,44H,3-6,11-27,29,32H2,1-2H3,(H,55,63,64)/t44-/m0/s1. The lowest BCUT2D eigenvalue weighted by molar-refractivity contribution is -0.136. The number of nitrogens with zero attached hydrogens (tertiary/aromatic N) is 9. The summed E-state index contributed by atoms with van der Waals surface area (Å²) in [5.74, 6) is 1.22. The highest BCUT2D eigenvalue weighted by molar-refractivity contribution is 6.05. The van der Waals surface area contributed by atoms with Crippen LogP contribution in [0.15, 0.2) is 47.5 Å². The maximum atomic E-state index is 13.6. The molecule has 3 amide bonds. The number of Topliss-reactive ketones (excluding diaryl/α,β-unsaturated/α-hetero) is 1. The zero-order chi connectivity index (χ0) is 45.5. The van der Waals surface area contributed by atoms with Crippen LogP contribution in [0, 0.1) is 18.8 Å². The van der Waals surface area contributed by atoms with E-state index in [1.165, 1.54) is 52.1 Å². The summed E-state index contributed by atoms with van der Waals surface area (Å²) in [4.78, 5) is 89.7. The summed E-state index contributed by atoms with van der Waals surface area (Å²) in [7, 11) is 0. The number of benzene rings is 1. The summed E-state index contributed by atoms with van der Waals surface area (Å²) in [6.07, 6.45) is 15.1. The molecule has 1 atom stereocenters. The maximum absolute atomic E-state index is 13.6. The largest absolute Gasteiger partial charge is 0.372 e.